The van der Waals surface area contributed by atoms with E-state index in [-0.39, 0.29) is 17.1 Å². The second-order valence-electron chi connectivity index (χ2n) is 10.5. The van der Waals surface area contributed by atoms with Crippen LogP contribution in [-0.4, -0.2) is 68.8 Å². The molecule has 2 aliphatic rings. The van der Waals surface area contributed by atoms with Gasteiger partial charge in [0.25, 0.3) is 5.91 Å². The molecule has 0 radical (unpaired) electrons. The molecule has 0 aliphatic carbocycles. The largest absolute Gasteiger partial charge is 0.493 e. The van der Waals surface area contributed by atoms with Crippen LogP contribution in [0.3, 0.4) is 0 Å². The maximum absolute atomic E-state index is 13.9. The first-order valence-electron chi connectivity index (χ1n) is 13.4. The Morgan fingerprint density at radius 2 is 1.82 bits per heavy atom. The lowest BCUT2D eigenvalue weighted by molar-refractivity contribution is 0.0314. The van der Waals surface area contributed by atoms with Gasteiger partial charge in [-0.15, -0.1) is 0 Å². The molecule has 1 saturated heterocycles. The van der Waals surface area contributed by atoms with Crippen LogP contribution in [-0.2, 0) is 4.74 Å². The van der Waals surface area contributed by atoms with Crippen molar-refractivity contribution in [2.45, 2.75) is 33.2 Å². The monoisotopic (exact) mass is 520 g/mol. The molecule has 1 fully saturated rings. The molecule has 0 N–H and O–H groups in total. The summed E-state index contributed by atoms with van der Waals surface area (Å²) >= 11 is 0. The summed E-state index contributed by atoms with van der Waals surface area (Å²) in [6, 6.07) is 10.5. The topological polar surface area (TPSA) is 81.5 Å². The molecule has 0 saturated carbocycles. The average molecular weight is 521 g/mol. The fraction of sp³-hybridized carbons (Fsp3) is 0.467. The predicted octanol–water partition coefficient (Wildman–Crippen LogP) is 4.41. The zero-order valence-corrected chi connectivity index (χ0v) is 22.6. The van der Waals surface area contributed by atoms with Crippen molar-refractivity contribution in [1.29, 1.82) is 0 Å². The van der Waals surface area contributed by atoms with E-state index in [0.29, 0.717) is 66.9 Å². The van der Waals surface area contributed by atoms with E-state index in [1.54, 1.807) is 18.1 Å². The summed E-state index contributed by atoms with van der Waals surface area (Å²) in [5.74, 6) is 1.59. The molecule has 0 spiro atoms. The number of aryl methyl sites for hydroxylation is 1. The number of benzene rings is 2. The molecule has 202 valence electrons. The minimum Gasteiger partial charge on any atom is -0.493 e. The van der Waals surface area contributed by atoms with Crippen molar-refractivity contribution in [2.24, 2.45) is 5.92 Å². The molecule has 1 atom stereocenters. The molecule has 0 bridgehead atoms. The summed E-state index contributed by atoms with van der Waals surface area (Å²) in [6.07, 6.45) is 0.929. The molecule has 1 aromatic heterocycles. The van der Waals surface area contributed by atoms with Crippen LogP contribution < -0.4 is 14.9 Å². The Labute approximate surface area is 223 Å². The van der Waals surface area contributed by atoms with Crippen molar-refractivity contribution < 1.29 is 23.4 Å². The fourth-order valence-corrected chi connectivity index (χ4v) is 5.16. The molecule has 8 heteroatoms. The Morgan fingerprint density at radius 3 is 2.55 bits per heavy atom. The minimum atomic E-state index is -0.585. The Kier molecular flexibility index (Phi) is 7.72. The van der Waals surface area contributed by atoms with Crippen LogP contribution in [0, 0.1) is 12.8 Å². The van der Waals surface area contributed by atoms with Gasteiger partial charge in [-0.1, -0.05) is 31.5 Å². The summed E-state index contributed by atoms with van der Waals surface area (Å²) in [5, 5.41) is 0.484. The van der Waals surface area contributed by atoms with E-state index in [9.17, 15) is 9.59 Å². The van der Waals surface area contributed by atoms with Crippen LogP contribution in [0.15, 0.2) is 45.6 Å². The van der Waals surface area contributed by atoms with Gasteiger partial charge in [0.05, 0.1) is 43.9 Å². The lowest BCUT2D eigenvalue weighted by atomic mass is 9.97. The first-order valence-corrected chi connectivity index (χ1v) is 13.4. The summed E-state index contributed by atoms with van der Waals surface area (Å²) in [6.45, 7) is 10.9. The summed E-state index contributed by atoms with van der Waals surface area (Å²) in [4.78, 5) is 31.6. The number of hydrogen-bond donors (Lipinski definition) is 0. The van der Waals surface area contributed by atoms with Crippen molar-refractivity contribution in [3.63, 3.8) is 0 Å². The maximum atomic E-state index is 13.9. The Balaban J connectivity index is 1.55. The zero-order valence-electron chi connectivity index (χ0n) is 22.6. The molecule has 38 heavy (non-hydrogen) atoms. The fourth-order valence-electron chi connectivity index (χ4n) is 5.16. The Morgan fingerprint density at radius 1 is 1.03 bits per heavy atom. The van der Waals surface area contributed by atoms with Crippen molar-refractivity contribution in [3.05, 3.63) is 69.1 Å². The van der Waals surface area contributed by atoms with Crippen LogP contribution >= 0.6 is 0 Å². The number of nitrogens with zero attached hydrogens (tertiary/aromatic N) is 2. The third-order valence-electron chi connectivity index (χ3n) is 7.34. The van der Waals surface area contributed by atoms with E-state index in [2.05, 4.69) is 18.7 Å². The number of rotatable bonds is 9. The van der Waals surface area contributed by atoms with Crippen molar-refractivity contribution in [3.8, 4) is 11.5 Å². The highest BCUT2D eigenvalue weighted by Gasteiger charge is 2.43. The third-order valence-corrected chi connectivity index (χ3v) is 7.34. The van der Waals surface area contributed by atoms with E-state index in [0.717, 1.165) is 30.6 Å². The highest BCUT2D eigenvalue weighted by Crippen LogP contribution is 2.41. The van der Waals surface area contributed by atoms with E-state index >= 15 is 0 Å². The van der Waals surface area contributed by atoms with E-state index < -0.39 is 6.04 Å². The summed E-state index contributed by atoms with van der Waals surface area (Å²) in [7, 11) is 1.60. The van der Waals surface area contributed by atoms with Gasteiger partial charge in [0.1, 0.15) is 5.58 Å². The minimum absolute atomic E-state index is 0.120. The van der Waals surface area contributed by atoms with Gasteiger partial charge in [-0.05, 0) is 49.1 Å². The normalized spacial score (nSPS) is 17.9. The van der Waals surface area contributed by atoms with Gasteiger partial charge in [-0.25, -0.2) is 0 Å². The molecule has 2 aliphatic heterocycles. The Hall–Kier alpha value is -3.36. The highest BCUT2D eigenvalue weighted by molar-refractivity contribution is 5.99. The van der Waals surface area contributed by atoms with Crippen molar-refractivity contribution >= 4 is 16.9 Å². The number of amides is 1. The second kappa shape index (κ2) is 11.2. The lowest BCUT2D eigenvalue weighted by Gasteiger charge is -2.31. The maximum Gasteiger partial charge on any atom is 0.290 e. The molecular formula is C30H36N2O6. The number of morpholine rings is 1. The average Bonchev–Trinajstić information content (AvgIpc) is 3.20. The number of ether oxygens (including phenoxy) is 3. The van der Waals surface area contributed by atoms with Gasteiger partial charge in [0.15, 0.2) is 16.9 Å². The van der Waals surface area contributed by atoms with Crippen LogP contribution in [0.25, 0.3) is 11.0 Å². The molecule has 1 unspecified atom stereocenters. The van der Waals surface area contributed by atoms with E-state index in [1.165, 1.54) is 0 Å². The molecular weight excluding hydrogens is 484 g/mol. The number of carbonyl (C=O) groups excluding carboxylic acids is 1. The first-order chi connectivity index (χ1) is 18.4. The highest BCUT2D eigenvalue weighted by atomic mass is 16.5. The zero-order chi connectivity index (χ0) is 26.8. The smallest absolute Gasteiger partial charge is 0.290 e. The number of methoxy groups -OCH3 is 1. The SMILES string of the molecule is COc1cc(C2c3c(oc4ccc(C)cc4c3=O)C(=O)N2CCN2CCOCC2)ccc1OCCC(C)C. The molecule has 3 aromatic rings. The number of carbonyl (C=O) groups is 1. The molecule has 3 heterocycles. The molecule has 8 nitrogen and oxygen atoms in total. The number of fused-ring (bicyclic) bond motifs is 2. The van der Waals surface area contributed by atoms with Gasteiger partial charge in [-0.3, -0.25) is 14.5 Å². The van der Waals surface area contributed by atoms with Crippen LogP contribution in [0.1, 0.15) is 53.6 Å². The first kappa shape index (κ1) is 26.3. The van der Waals surface area contributed by atoms with Gasteiger partial charge in [0.2, 0.25) is 5.76 Å². The molecule has 2 aromatic carbocycles. The van der Waals surface area contributed by atoms with Crippen molar-refractivity contribution in [2.75, 3.05) is 53.1 Å². The molecule has 5 rings (SSSR count). The summed E-state index contributed by atoms with van der Waals surface area (Å²) in [5.41, 5.74) is 2.37. The number of hydrogen-bond acceptors (Lipinski definition) is 7. The van der Waals surface area contributed by atoms with Gasteiger partial charge in [0, 0.05) is 26.2 Å². The molecule has 1 amide bonds. The van der Waals surface area contributed by atoms with E-state index in [4.69, 9.17) is 18.6 Å². The van der Waals surface area contributed by atoms with Gasteiger partial charge in [-0.2, -0.15) is 0 Å². The Bertz CT molecular complexity index is 1380. The van der Waals surface area contributed by atoms with E-state index in [1.807, 2.05) is 37.3 Å². The van der Waals surface area contributed by atoms with Crippen LogP contribution in [0.2, 0.25) is 0 Å². The summed E-state index contributed by atoms with van der Waals surface area (Å²) < 4.78 is 23.2. The van der Waals surface area contributed by atoms with Crippen LogP contribution in [0.4, 0.5) is 0 Å². The quantitative estimate of drug-likeness (QED) is 0.413. The lowest BCUT2D eigenvalue weighted by Crippen LogP contribution is -2.42. The van der Waals surface area contributed by atoms with Gasteiger partial charge < -0.3 is 23.5 Å². The van der Waals surface area contributed by atoms with Crippen molar-refractivity contribution in [1.82, 2.24) is 9.80 Å². The van der Waals surface area contributed by atoms with Crippen LogP contribution in [0.5, 0.6) is 11.5 Å². The standard InChI is InChI=1S/C30H36N2O6/c1-19(2)9-14-37-24-8-6-21(18-25(24)35-4)27-26-28(33)22-17-20(3)5-7-23(22)38-29(26)30(34)32(27)11-10-31-12-15-36-16-13-31/h5-8,17-19,27H,9-16H2,1-4H3. The van der Waals surface area contributed by atoms with Gasteiger partial charge >= 0.3 is 0 Å². The third kappa shape index (κ3) is 5.15. The predicted molar refractivity (Wildman–Crippen MR) is 145 cm³/mol. The second-order valence-corrected chi connectivity index (χ2v) is 10.5.